The first-order chi connectivity index (χ1) is 13.3. The number of benzene rings is 3. The first kappa shape index (κ1) is 17.5. The van der Waals surface area contributed by atoms with Crippen LogP contribution in [0.25, 0.3) is 0 Å². The van der Waals surface area contributed by atoms with Crippen molar-refractivity contribution in [2.75, 3.05) is 13.7 Å². The molecule has 0 aromatic heterocycles. The minimum Gasteiger partial charge on any atom is -0.497 e. The van der Waals surface area contributed by atoms with Gasteiger partial charge < -0.3 is 9.47 Å². The van der Waals surface area contributed by atoms with Gasteiger partial charge in [-0.3, -0.25) is 0 Å². The zero-order valence-electron chi connectivity index (χ0n) is 14.9. The topological polar surface area (TPSA) is 47.9 Å². The summed E-state index contributed by atoms with van der Waals surface area (Å²) in [4.78, 5) is 6.13. The first-order valence-electron chi connectivity index (χ1n) is 8.67. The molecule has 0 unspecified atom stereocenters. The molecule has 0 bridgehead atoms. The maximum atomic E-state index is 13.1. The summed E-state index contributed by atoms with van der Waals surface area (Å²) < 4.78 is 24.2. The fraction of sp³-hybridized carbons (Fsp3) is 0.136. The van der Waals surface area contributed by atoms with Gasteiger partial charge in [-0.05, 0) is 42.0 Å². The van der Waals surface area contributed by atoms with Gasteiger partial charge in [0.15, 0.2) is 0 Å². The van der Waals surface area contributed by atoms with Gasteiger partial charge in [0.2, 0.25) is 5.90 Å². The Balaban J connectivity index is 1.66. The molecule has 1 aliphatic rings. The van der Waals surface area contributed by atoms with Crippen LogP contribution in [0.3, 0.4) is 0 Å². The lowest BCUT2D eigenvalue weighted by Gasteiger charge is -2.09. The van der Waals surface area contributed by atoms with E-state index in [0.717, 1.165) is 16.9 Å². The standard InChI is InChI=1S/C22H19NO3S/c1-25-17-11-13-18(14-12-17)27(24)21-10-6-5-9-19(21)22-23-20(15-26-22)16-7-3-2-4-8-16/h2-14,20H,15H2,1H3/t20-,27-/m1/s1. The molecule has 136 valence electrons. The third-order valence-corrected chi connectivity index (χ3v) is 5.88. The van der Waals surface area contributed by atoms with Gasteiger partial charge in [-0.1, -0.05) is 42.5 Å². The molecule has 3 aromatic carbocycles. The minimum atomic E-state index is -1.34. The zero-order valence-corrected chi connectivity index (χ0v) is 15.7. The maximum absolute atomic E-state index is 13.1. The van der Waals surface area contributed by atoms with E-state index in [9.17, 15) is 4.21 Å². The molecule has 0 aliphatic carbocycles. The molecule has 0 N–H and O–H groups in total. The smallest absolute Gasteiger partial charge is 0.218 e. The lowest BCUT2D eigenvalue weighted by atomic mass is 10.1. The van der Waals surface area contributed by atoms with Crippen molar-refractivity contribution in [3.05, 3.63) is 90.0 Å². The van der Waals surface area contributed by atoms with E-state index in [1.165, 1.54) is 0 Å². The van der Waals surface area contributed by atoms with Gasteiger partial charge in [0.25, 0.3) is 0 Å². The fourth-order valence-corrected chi connectivity index (χ4v) is 4.19. The molecule has 3 aromatic rings. The van der Waals surface area contributed by atoms with E-state index < -0.39 is 10.8 Å². The third kappa shape index (κ3) is 3.64. The summed E-state index contributed by atoms with van der Waals surface area (Å²) in [5.41, 5.74) is 1.88. The Hall–Kier alpha value is -2.92. The minimum absolute atomic E-state index is 0.0383. The number of hydrogen-bond donors (Lipinski definition) is 0. The molecule has 0 spiro atoms. The van der Waals surface area contributed by atoms with Gasteiger partial charge >= 0.3 is 0 Å². The Bertz CT molecular complexity index is 984. The van der Waals surface area contributed by atoms with E-state index >= 15 is 0 Å². The van der Waals surface area contributed by atoms with Gasteiger partial charge in [-0.15, -0.1) is 0 Å². The lowest BCUT2D eigenvalue weighted by molar-refractivity contribution is 0.319. The van der Waals surface area contributed by atoms with Gasteiger partial charge in [0, 0.05) is 4.90 Å². The van der Waals surface area contributed by atoms with Crippen LogP contribution in [0.1, 0.15) is 17.2 Å². The van der Waals surface area contributed by atoms with Crippen LogP contribution in [0.5, 0.6) is 5.75 Å². The second-order valence-electron chi connectivity index (χ2n) is 6.11. The van der Waals surface area contributed by atoms with Crippen molar-refractivity contribution in [1.82, 2.24) is 0 Å². The second-order valence-corrected chi connectivity index (χ2v) is 7.56. The van der Waals surface area contributed by atoms with E-state index in [-0.39, 0.29) is 6.04 Å². The van der Waals surface area contributed by atoms with Crippen LogP contribution in [-0.4, -0.2) is 23.8 Å². The molecule has 0 saturated carbocycles. The summed E-state index contributed by atoms with van der Waals surface area (Å²) in [5.74, 6) is 1.28. The predicted octanol–water partition coefficient (Wildman–Crippen LogP) is 4.38. The number of nitrogens with zero attached hydrogens (tertiary/aromatic N) is 1. The number of methoxy groups -OCH3 is 1. The first-order valence-corrected chi connectivity index (χ1v) is 9.82. The molecule has 1 heterocycles. The van der Waals surface area contributed by atoms with Crippen LogP contribution >= 0.6 is 0 Å². The Labute approximate surface area is 160 Å². The predicted molar refractivity (Wildman–Crippen MR) is 106 cm³/mol. The Morgan fingerprint density at radius 2 is 1.67 bits per heavy atom. The van der Waals surface area contributed by atoms with Gasteiger partial charge in [-0.2, -0.15) is 0 Å². The normalized spacial score (nSPS) is 17.1. The van der Waals surface area contributed by atoms with E-state index in [1.54, 1.807) is 7.11 Å². The summed E-state index contributed by atoms with van der Waals surface area (Å²) in [6.07, 6.45) is 0. The van der Waals surface area contributed by atoms with Crippen LogP contribution in [-0.2, 0) is 15.5 Å². The highest BCUT2D eigenvalue weighted by molar-refractivity contribution is 7.85. The van der Waals surface area contributed by atoms with Crippen molar-refractivity contribution in [1.29, 1.82) is 0 Å². The number of rotatable bonds is 5. The van der Waals surface area contributed by atoms with Crippen molar-refractivity contribution in [3.8, 4) is 5.75 Å². The van der Waals surface area contributed by atoms with Crippen LogP contribution in [0.2, 0.25) is 0 Å². The van der Waals surface area contributed by atoms with Crippen molar-refractivity contribution in [2.45, 2.75) is 15.8 Å². The maximum Gasteiger partial charge on any atom is 0.218 e. The van der Waals surface area contributed by atoms with Crippen LogP contribution in [0.15, 0.2) is 93.6 Å². The van der Waals surface area contributed by atoms with Crippen molar-refractivity contribution in [3.63, 3.8) is 0 Å². The van der Waals surface area contributed by atoms with Gasteiger partial charge in [0.05, 0.1) is 28.4 Å². The molecule has 0 radical (unpaired) electrons. The summed E-state index contributed by atoms with van der Waals surface area (Å²) in [6.45, 7) is 0.489. The molecule has 5 heteroatoms. The quantitative estimate of drug-likeness (QED) is 0.663. The lowest BCUT2D eigenvalue weighted by Crippen LogP contribution is -2.07. The third-order valence-electron chi connectivity index (χ3n) is 4.43. The Kier molecular flexibility index (Phi) is 5.03. The van der Waals surface area contributed by atoms with Crippen molar-refractivity contribution >= 4 is 16.7 Å². The van der Waals surface area contributed by atoms with E-state index in [4.69, 9.17) is 14.5 Å². The molecule has 0 saturated heterocycles. The molecule has 1 aliphatic heterocycles. The monoisotopic (exact) mass is 377 g/mol. The van der Waals surface area contributed by atoms with Gasteiger partial charge in [-0.25, -0.2) is 9.20 Å². The molecular weight excluding hydrogens is 358 g/mol. The fourth-order valence-electron chi connectivity index (χ4n) is 3.00. The highest BCUT2D eigenvalue weighted by Crippen LogP contribution is 2.28. The zero-order chi connectivity index (χ0) is 18.6. The second kappa shape index (κ2) is 7.76. The van der Waals surface area contributed by atoms with E-state index in [2.05, 4.69) is 0 Å². The number of hydrogen-bond acceptors (Lipinski definition) is 4. The highest BCUT2D eigenvalue weighted by atomic mass is 32.2. The van der Waals surface area contributed by atoms with Crippen molar-refractivity contribution in [2.24, 2.45) is 4.99 Å². The molecule has 4 rings (SSSR count). The number of aliphatic imine (C=N–C) groups is 1. The summed E-state index contributed by atoms with van der Waals surface area (Å²) in [6, 6.07) is 24.8. The summed E-state index contributed by atoms with van der Waals surface area (Å²) >= 11 is 0. The van der Waals surface area contributed by atoms with E-state index in [1.807, 2.05) is 78.9 Å². The molecule has 0 amide bonds. The van der Waals surface area contributed by atoms with Crippen LogP contribution < -0.4 is 4.74 Å². The Morgan fingerprint density at radius 1 is 0.963 bits per heavy atom. The SMILES string of the molecule is COc1ccc([S@@](=O)c2ccccc2C2=N[C@@H](c3ccccc3)CO2)cc1. The molecule has 2 atom stereocenters. The van der Waals surface area contributed by atoms with Gasteiger partial charge in [0.1, 0.15) is 18.4 Å². The highest BCUT2D eigenvalue weighted by Gasteiger charge is 2.24. The van der Waals surface area contributed by atoms with Crippen LogP contribution in [0, 0.1) is 0 Å². The molecule has 27 heavy (non-hydrogen) atoms. The number of ether oxygens (including phenoxy) is 2. The van der Waals surface area contributed by atoms with E-state index in [0.29, 0.717) is 22.3 Å². The molecule has 0 fully saturated rings. The average molecular weight is 377 g/mol. The van der Waals surface area contributed by atoms with Crippen LogP contribution in [0.4, 0.5) is 0 Å². The average Bonchev–Trinajstić information content (AvgIpc) is 3.24. The van der Waals surface area contributed by atoms with Crippen molar-refractivity contribution < 1.29 is 13.7 Å². The molecule has 4 nitrogen and oxygen atoms in total. The molecular formula is C22H19NO3S. The largest absolute Gasteiger partial charge is 0.497 e. The summed E-state index contributed by atoms with van der Waals surface area (Å²) in [7, 11) is 0.274. The summed E-state index contributed by atoms with van der Waals surface area (Å²) in [5, 5.41) is 0. The Morgan fingerprint density at radius 3 is 2.41 bits per heavy atom.